The quantitative estimate of drug-likeness (QED) is 0.514. The van der Waals surface area contributed by atoms with Crippen molar-refractivity contribution in [3.63, 3.8) is 0 Å². The summed E-state index contributed by atoms with van der Waals surface area (Å²) in [6.07, 6.45) is 9.00. The molecule has 29 heavy (non-hydrogen) atoms. The molecule has 3 unspecified atom stereocenters. The Balaban J connectivity index is 1.47. The van der Waals surface area contributed by atoms with Crippen LogP contribution in [0.2, 0.25) is 0 Å². The Hall–Kier alpha value is -2.15. The first-order chi connectivity index (χ1) is 14.2. The van der Waals surface area contributed by atoms with E-state index >= 15 is 0 Å². The highest BCUT2D eigenvalue weighted by molar-refractivity contribution is 7.85. The standard InChI is InChI=1S/C22H33N5OS/c1-3-29(28)20-11-7-10-19(16-20)26-22(23-2)25-13-12-21-24-14-15-27(21)17-18-8-5-4-6-9-18/h4-6,8-9,14-15,19-20H,3,7,10-13,16-17H2,1-2H3,(H2,23,25,26). The van der Waals surface area contributed by atoms with Crippen LogP contribution in [0.25, 0.3) is 0 Å². The molecule has 1 aliphatic carbocycles. The fourth-order valence-corrected chi connectivity index (χ4v) is 5.27. The molecular formula is C22H33N5OS. The molecule has 0 bridgehead atoms. The lowest BCUT2D eigenvalue weighted by atomic mass is 9.95. The van der Waals surface area contributed by atoms with Crippen LogP contribution in [0.1, 0.15) is 44.0 Å². The Kier molecular flexibility index (Phi) is 8.28. The van der Waals surface area contributed by atoms with E-state index < -0.39 is 10.8 Å². The molecule has 1 saturated carbocycles. The van der Waals surface area contributed by atoms with E-state index in [0.29, 0.717) is 11.3 Å². The number of hydrogen-bond acceptors (Lipinski definition) is 3. The normalized spacial score (nSPS) is 21.0. The molecule has 1 fully saturated rings. The lowest BCUT2D eigenvalue weighted by Crippen LogP contribution is -2.47. The number of rotatable bonds is 8. The van der Waals surface area contributed by atoms with E-state index in [9.17, 15) is 4.21 Å². The highest BCUT2D eigenvalue weighted by atomic mass is 32.2. The monoisotopic (exact) mass is 415 g/mol. The van der Waals surface area contributed by atoms with Crippen molar-refractivity contribution in [1.82, 2.24) is 20.2 Å². The van der Waals surface area contributed by atoms with E-state index in [-0.39, 0.29) is 0 Å². The van der Waals surface area contributed by atoms with Crippen molar-refractivity contribution in [2.45, 2.75) is 56.9 Å². The van der Waals surface area contributed by atoms with Crippen LogP contribution in [-0.2, 0) is 23.8 Å². The van der Waals surface area contributed by atoms with Gasteiger partial charge in [0.1, 0.15) is 5.82 Å². The molecule has 158 valence electrons. The van der Waals surface area contributed by atoms with Crippen molar-refractivity contribution >= 4 is 16.8 Å². The van der Waals surface area contributed by atoms with E-state index in [2.05, 4.69) is 49.4 Å². The second kappa shape index (κ2) is 11.1. The van der Waals surface area contributed by atoms with Gasteiger partial charge in [-0.2, -0.15) is 0 Å². The summed E-state index contributed by atoms with van der Waals surface area (Å²) in [5.74, 6) is 2.63. The molecule has 1 aliphatic rings. The zero-order valence-electron chi connectivity index (χ0n) is 17.5. The number of aliphatic imine (C=N–C) groups is 1. The maximum absolute atomic E-state index is 12.2. The molecule has 1 heterocycles. The molecule has 6 nitrogen and oxygen atoms in total. The first-order valence-electron chi connectivity index (χ1n) is 10.6. The Morgan fingerprint density at radius 2 is 2.14 bits per heavy atom. The minimum Gasteiger partial charge on any atom is -0.356 e. The van der Waals surface area contributed by atoms with Crippen LogP contribution in [0.15, 0.2) is 47.7 Å². The number of imidazole rings is 1. The van der Waals surface area contributed by atoms with Crippen molar-refractivity contribution in [2.75, 3.05) is 19.3 Å². The van der Waals surface area contributed by atoms with Gasteiger partial charge in [0, 0.05) is 66.8 Å². The van der Waals surface area contributed by atoms with Gasteiger partial charge in [0.2, 0.25) is 0 Å². The third-order valence-corrected chi connectivity index (χ3v) is 7.23. The highest BCUT2D eigenvalue weighted by Gasteiger charge is 2.26. The van der Waals surface area contributed by atoms with Gasteiger partial charge in [0.15, 0.2) is 5.96 Å². The Labute approximate surface area is 176 Å². The van der Waals surface area contributed by atoms with Crippen LogP contribution in [0, 0.1) is 0 Å². The summed E-state index contributed by atoms with van der Waals surface area (Å²) in [4.78, 5) is 8.89. The molecule has 1 aromatic heterocycles. The van der Waals surface area contributed by atoms with Gasteiger partial charge in [0.25, 0.3) is 0 Å². The summed E-state index contributed by atoms with van der Waals surface area (Å²) in [6, 6.07) is 10.8. The molecular weight excluding hydrogens is 382 g/mol. The molecule has 3 rings (SSSR count). The average molecular weight is 416 g/mol. The Bertz CT molecular complexity index is 805. The molecule has 7 heteroatoms. The second-order valence-corrected chi connectivity index (χ2v) is 9.51. The fraction of sp³-hybridized carbons (Fsp3) is 0.545. The first kappa shape index (κ1) is 21.6. The molecule has 2 N–H and O–H groups in total. The Morgan fingerprint density at radius 3 is 2.90 bits per heavy atom. The lowest BCUT2D eigenvalue weighted by molar-refractivity contribution is 0.413. The number of aromatic nitrogens is 2. The molecule has 0 amide bonds. The summed E-state index contributed by atoms with van der Waals surface area (Å²) >= 11 is 0. The van der Waals surface area contributed by atoms with Gasteiger partial charge in [-0.3, -0.25) is 9.20 Å². The number of nitrogens with one attached hydrogen (secondary N) is 2. The lowest BCUT2D eigenvalue weighted by Gasteiger charge is -2.30. The first-order valence-corrected chi connectivity index (χ1v) is 12.0. The molecule has 3 atom stereocenters. The number of guanidine groups is 1. The van der Waals surface area contributed by atoms with Crippen LogP contribution in [0.5, 0.6) is 0 Å². The topological polar surface area (TPSA) is 71.3 Å². The maximum Gasteiger partial charge on any atom is 0.191 e. The predicted octanol–water partition coefficient (Wildman–Crippen LogP) is 2.72. The van der Waals surface area contributed by atoms with Crippen molar-refractivity contribution in [3.8, 4) is 0 Å². The van der Waals surface area contributed by atoms with Gasteiger partial charge in [-0.25, -0.2) is 4.98 Å². The van der Waals surface area contributed by atoms with E-state index in [1.54, 1.807) is 7.05 Å². The predicted molar refractivity (Wildman–Crippen MR) is 121 cm³/mol. The van der Waals surface area contributed by atoms with Crippen molar-refractivity contribution in [1.29, 1.82) is 0 Å². The zero-order chi connectivity index (χ0) is 20.5. The maximum atomic E-state index is 12.2. The summed E-state index contributed by atoms with van der Waals surface area (Å²) in [7, 11) is 1.09. The second-order valence-electron chi connectivity index (χ2n) is 7.51. The van der Waals surface area contributed by atoms with Crippen LogP contribution < -0.4 is 10.6 Å². The summed E-state index contributed by atoms with van der Waals surface area (Å²) in [5, 5.41) is 7.25. The summed E-state index contributed by atoms with van der Waals surface area (Å²) < 4.78 is 14.4. The van der Waals surface area contributed by atoms with Crippen LogP contribution >= 0.6 is 0 Å². The summed E-state index contributed by atoms with van der Waals surface area (Å²) in [5.41, 5.74) is 1.27. The molecule has 0 aliphatic heterocycles. The van der Waals surface area contributed by atoms with Gasteiger partial charge in [-0.1, -0.05) is 43.7 Å². The van der Waals surface area contributed by atoms with Gasteiger partial charge >= 0.3 is 0 Å². The molecule has 1 aromatic carbocycles. The minimum absolute atomic E-state index is 0.315. The SMILES string of the molecule is CCS(=O)C1CCCC(NC(=NC)NCCc2nccn2Cc2ccccc2)C1. The van der Waals surface area contributed by atoms with E-state index in [4.69, 9.17) is 0 Å². The zero-order valence-corrected chi connectivity index (χ0v) is 18.3. The smallest absolute Gasteiger partial charge is 0.191 e. The van der Waals surface area contributed by atoms with E-state index in [1.807, 2.05) is 25.4 Å². The van der Waals surface area contributed by atoms with Crippen LogP contribution in [0.3, 0.4) is 0 Å². The Morgan fingerprint density at radius 1 is 1.31 bits per heavy atom. The number of hydrogen-bond donors (Lipinski definition) is 2. The highest BCUT2D eigenvalue weighted by Crippen LogP contribution is 2.22. The van der Waals surface area contributed by atoms with Crippen molar-refractivity contribution in [3.05, 3.63) is 54.1 Å². The summed E-state index contributed by atoms with van der Waals surface area (Å²) in [6.45, 7) is 3.61. The molecule has 0 saturated heterocycles. The van der Waals surface area contributed by atoms with Gasteiger partial charge in [-0.05, 0) is 24.8 Å². The third-order valence-electron chi connectivity index (χ3n) is 5.49. The van der Waals surface area contributed by atoms with E-state index in [1.165, 1.54) is 5.56 Å². The van der Waals surface area contributed by atoms with Crippen molar-refractivity contribution < 1.29 is 4.21 Å². The average Bonchev–Trinajstić information content (AvgIpc) is 3.20. The largest absolute Gasteiger partial charge is 0.356 e. The van der Waals surface area contributed by atoms with Gasteiger partial charge < -0.3 is 15.2 Å². The molecule has 0 radical (unpaired) electrons. The number of nitrogens with zero attached hydrogens (tertiary/aromatic N) is 3. The molecule has 2 aromatic rings. The third kappa shape index (κ3) is 6.42. The van der Waals surface area contributed by atoms with Crippen molar-refractivity contribution in [2.24, 2.45) is 4.99 Å². The minimum atomic E-state index is -0.708. The fourth-order valence-electron chi connectivity index (χ4n) is 3.92. The number of benzene rings is 1. The molecule has 0 spiro atoms. The van der Waals surface area contributed by atoms with E-state index in [0.717, 1.165) is 62.7 Å². The van der Waals surface area contributed by atoms with Gasteiger partial charge in [-0.15, -0.1) is 0 Å². The van der Waals surface area contributed by atoms with Gasteiger partial charge in [0.05, 0.1) is 0 Å². The van der Waals surface area contributed by atoms with Crippen LogP contribution in [0.4, 0.5) is 0 Å². The van der Waals surface area contributed by atoms with Crippen LogP contribution in [-0.4, -0.2) is 50.4 Å².